The quantitative estimate of drug-likeness (QED) is 0.558. The minimum Gasteiger partial charge on any atom is -0.466 e. The highest BCUT2D eigenvalue weighted by Gasteiger charge is 2.28. The van der Waals surface area contributed by atoms with Crippen molar-refractivity contribution in [1.82, 2.24) is 10.2 Å². The minimum absolute atomic E-state index is 0.248. The number of nitrogens with one attached hydrogen (secondary N) is 1. The topological polar surface area (TPSA) is 79.5 Å². The third-order valence-electron chi connectivity index (χ3n) is 5.21. The van der Waals surface area contributed by atoms with Crippen molar-refractivity contribution in [1.29, 1.82) is 0 Å². The molecule has 0 bridgehead atoms. The van der Waals surface area contributed by atoms with Gasteiger partial charge in [-0.25, -0.2) is 4.99 Å². The van der Waals surface area contributed by atoms with Gasteiger partial charge in [-0.15, -0.1) is 0 Å². The van der Waals surface area contributed by atoms with Crippen molar-refractivity contribution in [3.8, 4) is 0 Å². The number of likely N-dealkylation sites (tertiary alicyclic amines) is 1. The van der Waals surface area contributed by atoms with Gasteiger partial charge in [-0.3, -0.25) is 0 Å². The lowest BCUT2D eigenvalue weighted by Gasteiger charge is -2.35. The number of aliphatic imine (C=N–C) groups is 1. The van der Waals surface area contributed by atoms with Crippen molar-refractivity contribution in [2.24, 2.45) is 4.99 Å². The van der Waals surface area contributed by atoms with E-state index in [-0.39, 0.29) is 12.6 Å². The summed E-state index contributed by atoms with van der Waals surface area (Å²) in [5.74, 6) is 1.37. The first-order valence-electron chi connectivity index (χ1n) is 10.1. The molecule has 0 spiro atoms. The van der Waals surface area contributed by atoms with Crippen molar-refractivity contribution in [2.75, 3.05) is 39.4 Å². The second kappa shape index (κ2) is 9.57. The first-order chi connectivity index (χ1) is 13.1. The molecule has 3 heterocycles. The van der Waals surface area contributed by atoms with E-state index in [1.807, 2.05) is 0 Å². The molecule has 0 saturated carbocycles. The van der Waals surface area contributed by atoms with Gasteiger partial charge in [0.15, 0.2) is 5.96 Å². The van der Waals surface area contributed by atoms with Crippen LogP contribution in [0.3, 0.4) is 0 Å². The van der Waals surface area contributed by atoms with Crippen molar-refractivity contribution >= 4 is 5.96 Å². The van der Waals surface area contributed by atoms with Crippen LogP contribution >= 0.6 is 0 Å². The standard InChI is InChI=1S/C20H33N3O4/c1-3-21-19(22-15-20(2,24)18-7-5-13-26-18)23-10-8-16(9-11-23)27-14-17-6-4-12-25-17/h5,7,13,16-17,24H,3-4,6,8-12,14-15H2,1-2H3,(H,21,22). The Bertz CT molecular complexity index is 574. The molecule has 152 valence electrons. The van der Waals surface area contributed by atoms with E-state index >= 15 is 0 Å². The van der Waals surface area contributed by atoms with Gasteiger partial charge in [-0.1, -0.05) is 0 Å². The molecule has 0 aromatic carbocycles. The number of aliphatic hydroxyl groups is 1. The van der Waals surface area contributed by atoms with E-state index in [0.29, 0.717) is 18.5 Å². The highest BCUT2D eigenvalue weighted by atomic mass is 16.5. The summed E-state index contributed by atoms with van der Waals surface area (Å²) in [6.07, 6.45) is 6.37. The van der Waals surface area contributed by atoms with Gasteiger partial charge in [0.05, 0.1) is 31.6 Å². The fourth-order valence-corrected chi connectivity index (χ4v) is 3.57. The molecule has 0 radical (unpaired) electrons. The fraction of sp³-hybridized carbons (Fsp3) is 0.750. The fourth-order valence-electron chi connectivity index (χ4n) is 3.57. The van der Waals surface area contributed by atoms with E-state index < -0.39 is 5.60 Å². The maximum Gasteiger partial charge on any atom is 0.194 e. The van der Waals surface area contributed by atoms with Crippen molar-refractivity contribution in [2.45, 2.75) is 57.3 Å². The maximum absolute atomic E-state index is 10.6. The van der Waals surface area contributed by atoms with Crippen LogP contribution in [0.2, 0.25) is 0 Å². The normalized spacial score (nSPS) is 24.2. The summed E-state index contributed by atoms with van der Waals surface area (Å²) in [7, 11) is 0. The van der Waals surface area contributed by atoms with Crippen molar-refractivity contribution in [3.63, 3.8) is 0 Å². The molecule has 2 aliphatic rings. The average Bonchev–Trinajstić information content (AvgIpc) is 3.38. The Morgan fingerprint density at radius 2 is 2.22 bits per heavy atom. The monoisotopic (exact) mass is 379 g/mol. The summed E-state index contributed by atoms with van der Waals surface area (Å²) in [6, 6.07) is 3.56. The Balaban J connectivity index is 1.50. The Morgan fingerprint density at radius 3 is 2.85 bits per heavy atom. The van der Waals surface area contributed by atoms with E-state index in [9.17, 15) is 5.11 Å². The van der Waals surface area contributed by atoms with Crippen LogP contribution in [-0.4, -0.2) is 67.6 Å². The van der Waals surface area contributed by atoms with Gasteiger partial charge in [-0.05, 0) is 51.7 Å². The Hall–Kier alpha value is -1.57. The molecule has 7 nitrogen and oxygen atoms in total. The molecular weight excluding hydrogens is 346 g/mol. The molecule has 0 amide bonds. The van der Waals surface area contributed by atoms with Crippen molar-refractivity contribution in [3.05, 3.63) is 24.2 Å². The molecule has 7 heteroatoms. The second-order valence-electron chi connectivity index (χ2n) is 7.58. The van der Waals surface area contributed by atoms with Gasteiger partial charge in [0, 0.05) is 26.2 Å². The van der Waals surface area contributed by atoms with Gasteiger partial charge in [0.1, 0.15) is 11.4 Å². The van der Waals surface area contributed by atoms with Crippen LogP contribution in [0, 0.1) is 0 Å². The number of furan rings is 1. The number of ether oxygens (including phenoxy) is 2. The number of hydrogen-bond acceptors (Lipinski definition) is 5. The number of rotatable bonds is 7. The van der Waals surface area contributed by atoms with Crippen LogP contribution in [-0.2, 0) is 15.1 Å². The number of piperidine rings is 1. The third kappa shape index (κ3) is 5.70. The lowest BCUT2D eigenvalue weighted by Crippen LogP contribution is -2.47. The summed E-state index contributed by atoms with van der Waals surface area (Å²) < 4.78 is 17.0. The average molecular weight is 380 g/mol. The molecule has 27 heavy (non-hydrogen) atoms. The molecule has 2 saturated heterocycles. The van der Waals surface area contributed by atoms with E-state index in [1.54, 1.807) is 25.3 Å². The van der Waals surface area contributed by atoms with E-state index in [4.69, 9.17) is 13.9 Å². The molecule has 2 N–H and O–H groups in total. The lowest BCUT2D eigenvalue weighted by molar-refractivity contribution is -0.0367. The smallest absolute Gasteiger partial charge is 0.194 e. The van der Waals surface area contributed by atoms with Crippen LogP contribution < -0.4 is 5.32 Å². The van der Waals surface area contributed by atoms with Crippen molar-refractivity contribution < 1.29 is 19.0 Å². The molecule has 2 atom stereocenters. The molecule has 1 aromatic heterocycles. The predicted molar refractivity (Wildman–Crippen MR) is 104 cm³/mol. The predicted octanol–water partition coefficient (Wildman–Crippen LogP) is 2.11. The van der Waals surface area contributed by atoms with Crippen LogP contribution in [0.25, 0.3) is 0 Å². The zero-order valence-corrected chi connectivity index (χ0v) is 16.5. The molecule has 0 aliphatic carbocycles. The Labute approximate surface area is 161 Å². The summed E-state index contributed by atoms with van der Waals surface area (Å²) in [4.78, 5) is 6.90. The van der Waals surface area contributed by atoms with Crippen LogP contribution in [0.5, 0.6) is 0 Å². The SMILES string of the molecule is CCNC(=NCC(C)(O)c1ccco1)N1CCC(OCC2CCCO2)CC1. The number of hydrogen-bond donors (Lipinski definition) is 2. The minimum atomic E-state index is -1.12. The van der Waals surface area contributed by atoms with Crippen LogP contribution in [0.15, 0.2) is 27.8 Å². The van der Waals surface area contributed by atoms with Gasteiger partial charge in [0.25, 0.3) is 0 Å². The number of guanidine groups is 1. The first-order valence-corrected chi connectivity index (χ1v) is 10.1. The van der Waals surface area contributed by atoms with Gasteiger partial charge in [0.2, 0.25) is 0 Å². The van der Waals surface area contributed by atoms with Gasteiger partial charge < -0.3 is 29.2 Å². The van der Waals surface area contributed by atoms with E-state index in [0.717, 1.165) is 57.9 Å². The highest BCUT2D eigenvalue weighted by molar-refractivity contribution is 5.80. The zero-order chi connectivity index (χ0) is 19.1. The largest absolute Gasteiger partial charge is 0.466 e. The summed E-state index contributed by atoms with van der Waals surface area (Å²) in [6.45, 7) is 8.19. The molecule has 2 unspecified atom stereocenters. The van der Waals surface area contributed by atoms with Gasteiger partial charge in [-0.2, -0.15) is 0 Å². The van der Waals surface area contributed by atoms with Gasteiger partial charge >= 0.3 is 0 Å². The Kier molecular flexibility index (Phi) is 7.15. The molecule has 3 rings (SSSR count). The first kappa shape index (κ1) is 20.2. The van der Waals surface area contributed by atoms with Crippen LogP contribution in [0.1, 0.15) is 45.3 Å². The second-order valence-corrected chi connectivity index (χ2v) is 7.58. The lowest BCUT2D eigenvalue weighted by atomic mass is 10.0. The van der Waals surface area contributed by atoms with E-state index in [2.05, 4.69) is 22.1 Å². The highest BCUT2D eigenvalue weighted by Crippen LogP contribution is 2.22. The van der Waals surface area contributed by atoms with E-state index in [1.165, 1.54) is 0 Å². The summed E-state index contributed by atoms with van der Waals surface area (Å²) >= 11 is 0. The summed E-state index contributed by atoms with van der Waals surface area (Å²) in [5.41, 5.74) is -1.12. The molecule has 2 fully saturated rings. The summed E-state index contributed by atoms with van der Waals surface area (Å²) in [5, 5.41) is 14.0. The third-order valence-corrected chi connectivity index (χ3v) is 5.21. The maximum atomic E-state index is 10.6. The molecule has 2 aliphatic heterocycles. The zero-order valence-electron chi connectivity index (χ0n) is 16.5. The Morgan fingerprint density at radius 1 is 1.41 bits per heavy atom. The molecule has 1 aromatic rings. The molecular formula is C20H33N3O4. The number of nitrogens with zero attached hydrogens (tertiary/aromatic N) is 2. The van der Waals surface area contributed by atoms with Crippen LogP contribution in [0.4, 0.5) is 0 Å².